The average molecular weight is 420 g/mol. The topological polar surface area (TPSA) is 90.1 Å². The SMILES string of the molecule is Cc1ccc(OCC(=O)N/N=C\c2ccc(-c3cccc(C(=O)OC(C)C)c3)o2)cc1. The quantitative estimate of drug-likeness (QED) is 0.332. The molecule has 0 aliphatic rings. The average Bonchev–Trinajstić information content (AvgIpc) is 3.22. The van der Waals surface area contributed by atoms with Crippen LogP contribution in [0.15, 0.2) is 70.2 Å². The van der Waals surface area contributed by atoms with E-state index < -0.39 is 0 Å². The summed E-state index contributed by atoms with van der Waals surface area (Å²) in [5.41, 5.74) is 4.67. The summed E-state index contributed by atoms with van der Waals surface area (Å²) in [7, 11) is 0. The molecule has 7 nitrogen and oxygen atoms in total. The van der Waals surface area contributed by atoms with Gasteiger partial charge < -0.3 is 13.9 Å². The molecular weight excluding hydrogens is 396 g/mol. The van der Waals surface area contributed by atoms with Gasteiger partial charge in [-0.15, -0.1) is 0 Å². The Labute approximate surface area is 180 Å². The largest absolute Gasteiger partial charge is 0.484 e. The van der Waals surface area contributed by atoms with E-state index >= 15 is 0 Å². The molecular formula is C24H24N2O5. The summed E-state index contributed by atoms with van der Waals surface area (Å²) in [6.07, 6.45) is 1.20. The highest BCUT2D eigenvalue weighted by Crippen LogP contribution is 2.23. The zero-order chi connectivity index (χ0) is 22.2. The van der Waals surface area contributed by atoms with Crippen molar-refractivity contribution in [1.82, 2.24) is 5.43 Å². The number of hydrazone groups is 1. The first-order valence-corrected chi connectivity index (χ1v) is 9.83. The number of carbonyl (C=O) groups excluding carboxylic acids is 2. The summed E-state index contributed by atoms with van der Waals surface area (Å²) in [5.74, 6) is 0.847. The summed E-state index contributed by atoms with van der Waals surface area (Å²) < 4.78 is 16.3. The van der Waals surface area contributed by atoms with Crippen LogP contribution >= 0.6 is 0 Å². The van der Waals surface area contributed by atoms with E-state index in [9.17, 15) is 9.59 Å². The predicted octanol–water partition coefficient (Wildman–Crippen LogP) is 4.35. The number of aryl methyl sites for hydroxylation is 1. The smallest absolute Gasteiger partial charge is 0.338 e. The van der Waals surface area contributed by atoms with Crippen molar-refractivity contribution in [1.29, 1.82) is 0 Å². The minimum Gasteiger partial charge on any atom is -0.484 e. The maximum atomic E-state index is 12.1. The Morgan fingerprint density at radius 3 is 2.61 bits per heavy atom. The lowest BCUT2D eigenvalue weighted by atomic mass is 10.1. The van der Waals surface area contributed by atoms with Gasteiger partial charge in [0.15, 0.2) is 6.61 Å². The molecule has 0 radical (unpaired) electrons. The molecule has 3 aromatic rings. The highest BCUT2D eigenvalue weighted by Gasteiger charge is 2.12. The van der Waals surface area contributed by atoms with Crippen LogP contribution in [0.4, 0.5) is 0 Å². The zero-order valence-electron chi connectivity index (χ0n) is 17.6. The van der Waals surface area contributed by atoms with E-state index in [1.165, 1.54) is 6.21 Å². The number of carbonyl (C=O) groups is 2. The Hall–Kier alpha value is -3.87. The van der Waals surface area contributed by atoms with Crippen molar-refractivity contribution in [3.05, 3.63) is 77.6 Å². The minimum absolute atomic E-state index is 0.150. The number of benzene rings is 2. The molecule has 0 saturated heterocycles. The molecule has 0 unspecified atom stereocenters. The van der Waals surface area contributed by atoms with E-state index in [4.69, 9.17) is 13.9 Å². The van der Waals surface area contributed by atoms with Gasteiger partial charge in [0.2, 0.25) is 0 Å². The number of nitrogens with zero attached hydrogens (tertiary/aromatic N) is 1. The van der Waals surface area contributed by atoms with Crippen LogP contribution in [-0.2, 0) is 9.53 Å². The molecule has 2 aromatic carbocycles. The van der Waals surface area contributed by atoms with Crippen molar-refractivity contribution < 1.29 is 23.5 Å². The third-order valence-corrected chi connectivity index (χ3v) is 4.12. The Morgan fingerprint density at radius 2 is 1.87 bits per heavy atom. The second-order valence-electron chi connectivity index (χ2n) is 7.13. The molecule has 31 heavy (non-hydrogen) atoms. The maximum absolute atomic E-state index is 12.1. The number of amides is 1. The van der Waals surface area contributed by atoms with E-state index in [0.717, 1.165) is 11.1 Å². The Bertz CT molecular complexity index is 1070. The van der Waals surface area contributed by atoms with E-state index in [2.05, 4.69) is 10.5 Å². The Morgan fingerprint density at radius 1 is 1.10 bits per heavy atom. The van der Waals surface area contributed by atoms with E-state index in [-0.39, 0.29) is 24.6 Å². The van der Waals surface area contributed by atoms with Crippen LogP contribution in [0.3, 0.4) is 0 Å². The first-order chi connectivity index (χ1) is 14.9. The van der Waals surface area contributed by atoms with Gasteiger partial charge in [0, 0.05) is 5.56 Å². The second-order valence-corrected chi connectivity index (χ2v) is 7.13. The van der Waals surface area contributed by atoms with Crippen molar-refractivity contribution in [2.45, 2.75) is 26.9 Å². The van der Waals surface area contributed by atoms with E-state index in [0.29, 0.717) is 22.8 Å². The molecule has 0 spiro atoms. The van der Waals surface area contributed by atoms with Crippen molar-refractivity contribution >= 4 is 18.1 Å². The van der Waals surface area contributed by atoms with Gasteiger partial charge in [-0.3, -0.25) is 4.79 Å². The van der Waals surface area contributed by atoms with Crippen molar-refractivity contribution in [2.24, 2.45) is 5.10 Å². The van der Waals surface area contributed by atoms with Crippen LogP contribution in [0.1, 0.15) is 35.5 Å². The molecule has 0 bridgehead atoms. The van der Waals surface area contributed by atoms with Crippen LogP contribution in [-0.4, -0.2) is 30.8 Å². The standard InChI is InChI=1S/C24H24N2O5/c1-16(2)30-24(28)19-6-4-5-18(13-19)22-12-11-21(31-22)14-25-26-23(27)15-29-20-9-7-17(3)8-10-20/h4-14,16H,15H2,1-3H3,(H,26,27)/b25-14-. The fourth-order valence-corrected chi connectivity index (χ4v) is 2.64. The van der Waals surface area contributed by atoms with Gasteiger partial charge in [0.1, 0.15) is 17.3 Å². The normalized spacial score (nSPS) is 11.0. The number of hydrogen-bond acceptors (Lipinski definition) is 6. The molecule has 7 heteroatoms. The molecule has 1 aromatic heterocycles. The van der Waals surface area contributed by atoms with Crippen LogP contribution in [0.25, 0.3) is 11.3 Å². The highest BCUT2D eigenvalue weighted by atomic mass is 16.5. The summed E-state index contributed by atoms with van der Waals surface area (Å²) in [6, 6.07) is 17.9. The summed E-state index contributed by atoms with van der Waals surface area (Å²) in [4.78, 5) is 23.9. The number of rotatable bonds is 8. The minimum atomic E-state index is -0.389. The first-order valence-electron chi connectivity index (χ1n) is 9.83. The summed E-state index contributed by atoms with van der Waals surface area (Å²) >= 11 is 0. The molecule has 3 rings (SSSR count). The Balaban J connectivity index is 1.54. The Kier molecular flexibility index (Phi) is 7.22. The molecule has 0 atom stereocenters. The van der Waals surface area contributed by atoms with Gasteiger partial charge in [0.25, 0.3) is 5.91 Å². The lowest BCUT2D eigenvalue weighted by Crippen LogP contribution is -2.24. The number of esters is 1. The fourth-order valence-electron chi connectivity index (χ4n) is 2.64. The molecule has 0 aliphatic heterocycles. The lowest BCUT2D eigenvalue weighted by Gasteiger charge is -2.08. The molecule has 1 N–H and O–H groups in total. The maximum Gasteiger partial charge on any atom is 0.338 e. The number of nitrogens with one attached hydrogen (secondary N) is 1. The van der Waals surface area contributed by atoms with E-state index in [1.54, 1.807) is 56.3 Å². The molecule has 1 amide bonds. The predicted molar refractivity (Wildman–Crippen MR) is 117 cm³/mol. The highest BCUT2D eigenvalue weighted by molar-refractivity contribution is 5.91. The first kappa shape index (κ1) is 21.8. The summed E-state index contributed by atoms with van der Waals surface area (Å²) in [5, 5.41) is 3.88. The molecule has 0 fully saturated rings. The van der Waals surface area contributed by atoms with Crippen LogP contribution < -0.4 is 10.2 Å². The van der Waals surface area contributed by atoms with Gasteiger partial charge >= 0.3 is 5.97 Å². The lowest BCUT2D eigenvalue weighted by molar-refractivity contribution is -0.123. The monoisotopic (exact) mass is 420 g/mol. The van der Waals surface area contributed by atoms with Crippen LogP contribution in [0.5, 0.6) is 5.75 Å². The van der Waals surface area contributed by atoms with Crippen LogP contribution in [0.2, 0.25) is 0 Å². The van der Waals surface area contributed by atoms with Crippen molar-refractivity contribution in [3.63, 3.8) is 0 Å². The summed E-state index contributed by atoms with van der Waals surface area (Å²) in [6.45, 7) is 5.42. The molecule has 160 valence electrons. The number of hydrogen-bond donors (Lipinski definition) is 1. The van der Waals surface area contributed by atoms with Gasteiger partial charge in [-0.25, -0.2) is 10.2 Å². The third kappa shape index (κ3) is 6.57. The molecule has 0 aliphatic carbocycles. The van der Waals surface area contributed by atoms with Gasteiger partial charge in [0.05, 0.1) is 17.9 Å². The van der Waals surface area contributed by atoms with Gasteiger partial charge in [-0.1, -0.05) is 29.8 Å². The third-order valence-electron chi connectivity index (χ3n) is 4.12. The van der Waals surface area contributed by atoms with Gasteiger partial charge in [-0.05, 0) is 57.2 Å². The zero-order valence-corrected chi connectivity index (χ0v) is 17.6. The molecule has 1 heterocycles. The fraction of sp³-hybridized carbons (Fsp3) is 0.208. The second kappa shape index (κ2) is 10.2. The number of ether oxygens (including phenoxy) is 2. The van der Waals surface area contributed by atoms with E-state index in [1.807, 2.05) is 25.1 Å². The van der Waals surface area contributed by atoms with Crippen molar-refractivity contribution in [2.75, 3.05) is 6.61 Å². The number of furan rings is 1. The van der Waals surface area contributed by atoms with Crippen molar-refractivity contribution in [3.8, 4) is 17.1 Å². The van der Waals surface area contributed by atoms with Crippen LogP contribution in [0, 0.1) is 6.92 Å². The van der Waals surface area contributed by atoms with Gasteiger partial charge in [-0.2, -0.15) is 5.10 Å². The molecule has 0 saturated carbocycles.